The van der Waals surface area contributed by atoms with Crippen molar-refractivity contribution < 1.29 is 14.7 Å². The normalized spacial score (nSPS) is 19.2. The third-order valence-corrected chi connectivity index (χ3v) is 3.83. The molecule has 0 aliphatic carbocycles. The summed E-state index contributed by atoms with van der Waals surface area (Å²) in [6, 6.07) is 4.52. The second-order valence-electron chi connectivity index (χ2n) is 5.25. The first-order valence-electron chi connectivity index (χ1n) is 7.03. The van der Waals surface area contributed by atoms with Gasteiger partial charge in [0.2, 0.25) is 0 Å². The molecule has 1 aromatic rings. The molecule has 1 fully saturated rings. The number of carboxylic acids is 1. The number of hydrogen-bond donors (Lipinski definition) is 1. The van der Waals surface area contributed by atoms with Crippen LogP contribution in [0.1, 0.15) is 36.7 Å². The highest BCUT2D eigenvalue weighted by Crippen LogP contribution is 2.21. The van der Waals surface area contributed by atoms with E-state index in [-0.39, 0.29) is 5.78 Å². The molecule has 5 nitrogen and oxygen atoms in total. The molecule has 0 amide bonds. The SMILES string of the molecule is CC(C(=O)O)C(C(=O)c1ccccn1)N1CCCCC1. The van der Waals surface area contributed by atoms with Gasteiger partial charge in [-0.2, -0.15) is 0 Å². The van der Waals surface area contributed by atoms with E-state index < -0.39 is 17.9 Å². The summed E-state index contributed by atoms with van der Waals surface area (Å²) in [5.41, 5.74) is 0.344. The number of nitrogens with zero attached hydrogens (tertiary/aromatic N) is 2. The summed E-state index contributed by atoms with van der Waals surface area (Å²) in [5.74, 6) is -1.87. The van der Waals surface area contributed by atoms with E-state index in [4.69, 9.17) is 0 Å². The topological polar surface area (TPSA) is 70.5 Å². The van der Waals surface area contributed by atoms with Gasteiger partial charge in [-0.3, -0.25) is 19.5 Å². The quantitative estimate of drug-likeness (QED) is 0.831. The van der Waals surface area contributed by atoms with Crippen molar-refractivity contribution in [1.29, 1.82) is 0 Å². The Morgan fingerprint density at radius 2 is 1.95 bits per heavy atom. The number of rotatable bonds is 5. The average Bonchev–Trinajstić information content (AvgIpc) is 2.49. The van der Waals surface area contributed by atoms with Crippen molar-refractivity contribution in [2.45, 2.75) is 32.2 Å². The van der Waals surface area contributed by atoms with E-state index in [1.165, 1.54) is 0 Å². The Bertz CT molecular complexity index is 469. The van der Waals surface area contributed by atoms with Crippen molar-refractivity contribution in [3.8, 4) is 0 Å². The molecule has 0 aromatic carbocycles. The third kappa shape index (κ3) is 3.22. The van der Waals surface area contributed by atoms with Crippen LogP contribution < -0.4 is 0 Å². The van der Waals surface area contributed by atoms with Crippen molar-refractivity contribution in [2.75, 3.05) is 13.1 Å². The second kappa shape index (κ2) is 6.61. The minimum Gasteiger partial charge on any atom is -0.481 e. The monoisotopic (exact) mass is 276 g/mol. The number of aromatic nitrogens is 1. The first-order valence-corrected chi connectivity index (χ1v) is 7.03. The van der Waals surface area contributed by atoms with Crippen LogP contribution >= 0.6 is 0 Å². The summed E-state index contributed by atoms with van der Waals surface area (Å²) in [6.07, 6.45) is 4.73. The summed E-state index contributed by atoms with van der Waals surface area (Å²) in [4.78, 5) is 30.0. The highest BCUT2D eigenvalue weighted by Gasteiger charge is 2.36. The van der Waals surface area contributed by atoms with E-state index in [0.717, 1.165) is 32.4 Å². The van der Waals surface area contributed by atoms with E-state index in [9.17, 15) is 14.7 Å². The highest BCUT2D eigenvalue weighted by molar-refractivity contribution is 6.00. The molecule has 5 heteroatoms. The fourth-order valence-corrected chi connectivity index (χ4v) is 2.70. The van der Waals surface area contributed by atoms with E-state index in [1.54, 1.807) is 31.3 Å². The van der Waals surface area contributed by atoms with Crippen molar-refractivity contribution in [2.24, 2.45) is 5.92 Å². The van der Waals surface area contributed by atoms with Crippen LogP contribution in [0.2, 0.25) is 0 Å². The molecule has 2 unspecified atom stereocenters. The zero-order chi connectivity index (χ0) is 14.5. The Balaban J connectivity index is 2.25. The summed E-state index contributed by atoms with van der Waals surface area (Å²) in [6.45, 7) is 3.16. The van der Waals surface area contributed by atoms with Crippen molar-refractivity contribution in [1.82, 2.24) is 9.88 Å². The second-order valence-corrected chi connectivity index (χ2v) is 5.25. The summed E-state index contributed by atoms with van der Waals surface area (Å²) in [7, 11) is 0. The fourth-order valence-electron chi connectivity index (χ4n) is 2.70. The first kappa shape index (κ1) is 14.7. The number of likely N-dealkylation sites (tertiary alicyclic amines) is 1. The molecule has 0 radical (unpaired) electrons. The maximum atomic E-state index is 12.6. The lowest BCUT2D eigenvalue weighted by Crippen LogP contribution is -2.50. The average molecular weight is 276 g/mol. The minimum absolute atomic E-state index is 0.192. The van der Waals surface area contributed by atoms with E-state index in [1.807, 2.05) is 4.90 Å². The van der Waals surface area contributed by atoms with Crippen LogP contribution in [0.5, 0.6) is 0 Å². The van der Waals surface area contributed by atoms with Crippen LogP contribution in [0.4, 0.5) is 0 Å². The lowest BCUT2D eigenvalue weighted by Gasteiger charge is -2.35. The lowest BCUT2D eigenvalue weighted by molar-refractivity contribution is -0.143. The van der Waals surface area contributed by atoms with E-state index in [0.29, 0.717) is 5.69 Å². The van der Waals surface area contributed by atoms with Gasteiger partial charge < -0.3 is 5.11 Å². The molecule has 1 saturated heterocycles. The third-order valence-electron chi connectivity index (χ3n) is 3.83. The van der Waals surface area contributed by atoms with Gasteiger partial charge >= 0.3 is 5.97 Å². The first-order chi connectivity index (χ1) is 9.61. The number of piperidine rings is 1. The number of carbonyl (C=O) groups is 2. The number of carboxylic acid groups (broad SMARTS) is 1. The molecule has 2 rings (SSSR count). The predicted octanol–water partition coefficient (Wildman–Crippen LogP) is 1.84. The standard InChI is InChI=1S/C15H20N2O3/c1-11(15(19)20)13(17-9-5-2-6-10-17)14(18)12-7-3-4-8-16-12/h3-4,7-8,11,13H,2,5-6,9-10H2,1H3,(H,19,20). The molecule has 1 aliphatic rings. The molecule has 1 N–H and O–H groups in total. The number of Topliss-reactive ketones (excluding diaryl/α,β-unsaturated/α-hetero) is 1. The zero-order valence-corrected chi connectivity index (χ0v) is 11.7. The number of aliphatic carboxylic acids is 1. The Kier molecular flexibility index (Phi) is 4.84. The smallest absolute Gasteiger partial charge is 0.308 e. The Hall–Kier alpha value is -1.75. The van der Waals surface area contributed by atoms with Gasteiger partial charge in [0.05, 0.1) is 12.0 Å². The van der Waals surface area contributed by atoms with Gasteiger partial charge in [0.1, 0.15) is 5.69 Å². The van der Waals surface area contributed by atoms with Gasteiger partial charge in [0, 0.05) is 6.20 Å². The largest absolute Gasteiger partial charge is 0.481 e. The predicted molar refractivity (Wildman–Crippen MR) is 74.6 cm³/mol. The van der Waals surface area contributed by atoms with Crippen LogP contribution in [0.15, 0.2) is 24.4 Å². The highest BCUT2D eigenvalue weighted by atomic mass is 16.4. The summed E-state index contributed by atoms with van der Waals surface area (Å²) in [5, 5.41) is 9.28. The molecule has 1 aromatic heterocycles. The van der Waals surface area contributed by atoms with Gasteiger partial charge in [0.25, 0.3) is 0 Å². The molecule has 20 heavy (non-hydrogen) atoms. The van der Waals surface area contributed by atoms with Crippen LogP contribution in [0, 0.1) is 5.92 Å². The van der Waals surface area contributed by atoms with Gasteiger partial charge in [-0.1, -0.05) is 12.5 Å². The maximum Gasteiger partial charge on any atom is 0.308 e. The Labute approximate surface area is 118 Å². The van der Waals surface area contributed by atoms with Gasteiger partial charge in [0.15, 0.2) is 5.78 Å². The number of pyridine rings is 1. The molecule has 1 aliphatic heterocycles. The van der Waals surface area contributed by atoms with E-state index in [2.05, 4.69) is 4.98 Å². The zero-order valence-electron chi connectivity index (χ0n) is 11.7. The van der Waals surface area contributed by atoms with Gasteiger partial charge in [-0.15, -0.1) is 0 Å². The molecule has 0 spiro atoms. The van der Waals surface area contributed by atoms with Gasteiger partial charge in [-0.25, -0.2) is 0 Å². The number of hydrogen-bond acceptors (Lipinski definition) is 4. The Morgan fingerprint density at radius 3 is 2.50 bits per heavy atom. The van der Waals surface area contributed by atoms with Crippen LogP contribution in [-0.4, -0.2) is 45.9 Å². The van der Waals surface area contributed by atoms with Crippen LogP contribution in [0.3, 0.4) is 0 Å². The number of carbonyl (C=O) groups excluding carboxylic acids is 1. The molecule has 0 saturated carbocycles. The molecule has 2 heterocycles. The molecule has 0 bridgehead atoms. The van der Waals surface area contributed by atoms with Crippen LogP contribution in [0.25, 0.3) is 0 Å². The van der Waals surface area contributed by atoms with Gasteiger partial charge in [-0.05, 0) is 45.0 Å². The lowest BCUT2D eigenvalue weighted by atomic mass is 9.92. The Morgan fingerprint density at radius 1 is 1.25 bits per heavy atom. The summed E-state index contributed by atoms with van der Waals surface area (Å²) >= 11 is 0. The molecule has 108 valence electrons. The molecule has 2 atom stereocenters. The van der Waals surface area contributed by atoms with Crippen molar-refractivity contribution >= 4 is 11.8 Å². The van der Waals surface area contributed by atoms with E-state index >= 15 is 0 Å². The number of ketones is 1. The fraction of sp³-hybridized carbons (Fsp3) is 0.533. The maximum absolute atomic E-state index is 12.6. The molecular weight excluding hydrogens is 256 g/mol. The summed E-state index contributed by atoms with van der Waals surface area (Å²) < 4.78 is 0. The minimum atomic E-state index is -0.940. The van der Waals surface area contributed by atoms with Crippen molar-refractivity contribution in [3.63, 3.8) is 0 Å². The van der Waals surface area contributed by atoms with Crippen molar-refractivity contribution in [3.05, 3.63) is 30.1 Å². The van der Waals surface area contributed by atoms with Crippen LogP contribution in [-0.2, 0) is 4.79 Å². The molecular formula is C15H20N2O3.